The van der Waals surface area contributed by atoms with Gasteiger partial charge in [0.15, 0.2) is 0 Å². The first-order valence-electron chi connectivity index (χ1n) is 6.16. The van der Waals surface area contributed by atoms with E-state index < -0.39 is 24.0 Å². The molecule has 0 bridgehead atoms. The van der Waals surface area contributed by atoms with Gasteiger partial charge in [0, 0.05) is 6.04 Å². The second-order valence-corrected chi connectivity index (χ2v) is 4.48. The molecule has 5 nitrogen and oxygen atoms in total. The van der Waals surface area contributed by atoms with Gasteiger partial charge in [0.05, 0.1) is 13.0 Å². The monoisotopic (exact) mass is 300 g/mol. The summed E-state index contributed by atoms with van der Waals surface area (Å²) in [4.78, 5) is 23.2. The largest absolute Gasteiger partial charge is 0.467 e. The van der Waals surface area contributed by atoms with Crippen molar-refractivity contribution in [1.82, 2.24) is 5.32 Å². The number of carbonyl (C=O) groups excluding carboxylic acids is 2. The standard InChI is InChI=1S/C14H20N2O3.ClH/c1-9(12(15)11-7-5-4-6-8-11)13(17)16-10(2)14(18)19-3;/h4-10,12H,15H2,1-3H3,(H,16,17);1H. The Morgan fingerprint density at radius 1 is 1.20 bits per heavy atom. The lowest BCUT2D eigenvalue weighted by Crippen LogP contribution is -2.44. The summed E-state index contributed by atoms with van der Waals surface area (Å²) in [6.07, 6.45) is 0. The van der Waals surface area contributed by atoms with E-state index in [0.29, 0.717) is 0 Å². The van der Waals surface area contributed by atoms with Gasteiger partial charge in [-0.3, -0.25) is 4.79 Å². The molecule has 0 saturated heterocycles. The number of methoxy groups -OCH3 is 1. The number of esters is 1. The molecule has 3 N–H and O–H groups in total. The van der Waals surface area contributed by atoms with Crippen LogP contribution in [0.15, 0.2) is 30.3 Å². The Labute approximate surface area is 125 Å². The second-order valence-electron chi connectivity index (χ2n) is 4.48. The molecule has 112 valence electrons. The first-order chi connectivity index (χ1) is 8.97. The maximum Gasteiger partial charge on any atom is 0.328 e. The Kier molecular flexibility index (Phi) is 7.87. The molecular formula is C14H21ClN2O3. The van der Waals surface area contributed by atoms with Crippen LogP contribution in [0.1, 0.15) is 25.5 Å². The third kappa shape index (κ3) is 4.83. The van der Waals surface area contributed by atoms with E-state index in [-0.39, 0.29) is 18.3 Å². The lowest BCUT2D eigenvalue weighted by molar-refractivity contribution is -0.145. The van der Waals surface area contributed by atoms with Crippen molar-refractivity contribution < 1.29 is 14.3 Å². The van der Waals surface area contributed by atoms with Gasteiger partial charge in [-0.1, -0.05) is 37.3 Å². The minimum absolute atomic E-state index is 0. The van der Waals surface area contributed by atoms with Crippen molar-refractivity contribution in [2.75, 3.05) is 7.11 Å². The fourth-order valence-electron chi connectivity index (χ4n) is 1.71. The van der Waals surface area contributed by atoms with Gasteiger partial charge < -0.3 is 15.8 Å². The number of rotatable bonds is 5. The molecule has 6 heteroatoms. The smallest absolute Gasteiger partial charge is 0.328 e. The maximum atomic E-state index is 12.0. The van der Waals surface area contributed by atoms with Crippen LogP contribution in [0.5, 0.6) is 0 Å². The van der Waals surface area contributed by atoms with Crippen LogP contribution in [0.2, 0.25) is 0 Å². The van der Waals surface area contributed by atoms with Crippen molar-refractivity contribution in [1.29, 1.82) is 0 Å². The summed E-state index contributed by atoms with van der Waals surface area (Å²) < 4.78 is 4.55. The van der Waals surface area contributed by atoms with E-state index in [1.165, 1.54) is 7.11 Å². The maximum absolute atomic E-state index is 12.0. The third-order valence-electron chi connectivity index (χ3n) is 3.05. The van der Waals surface area contributed by atoms with Crippen molar-refractivity contribution in [3.8, 4) is 0 Å². The van der Waals surface area contributed by atoms with Gasteiger partial charge in [0.25, 0.3) is 0 Å². The second kappa shape index (κ2) is 8.55. The predicted octanol–water partition coefficient (Wildman–Crippen LogP) is 1.42. The Morgan fingerprint density at radius 3 is 2.25 bits per heavy atom. The molecule has 0 aliphatic heterocycles. The third-order valence-corrected chi connectivity index (χ3v) is 3.05. The van der Waals surface area contributed by atoms with Crippen LogP contribution in [-0.4, -0.2) is 25.0 Å². The highest BCUT2D eigenvalue weighted by atomic mass is 35.5. The van der Waals surface area contributed by atoms with Crippen LogP contribution >= 0.6 is 12.4 Å². The predicted molar refractivity (Wildman–Crippen MR) is 79.4 cm³/mol. The van der Waals surface area contributed by atoms with Crippen LogP contribution in [0.3, 0.4) is 0 Å². The van der Waals surface area contributed by atoms with E-state index in [1.807, 2.05) is 30.3 Å². The van der Waals surface area contributed by atoms with E-state index in [9.17, 15) is 9.59 Å². The van der Waals surface area contributed by atoms with Crippen LogP contribution in [0.25, 0.3) is 0 Å². The molecule has 1 rings (SSSR count). The minimum Gasteiger partial charge on any atom is -0.467 e. The zero-order valence-corrected chi connectivity index (χ0v) is 12.6. The van der Waals surface area contributed by atoms with Gasteiger partial charge in [-0.2, -0.15) is 0 Å². The fraction of sp³-hybridized carbons (Fsp3) is 0.429. The average molecular weight is 301 g/mol. The highest BCUT2D eigenvalue weighted by molar-refractivity contribution is 5.86. The Balaban J connectivity index is 0.00000361. The molecule has 0 spiro atoms. The number of benzene rings is 1. The number of hydrogen-bond acceptors (Lipinski definition) is 4. The average Bonchev–Trinajstić information content (AvgIpc) is 2.45. The van der Waals surface area contributed by atoms with Crippen molar-refractivity contribution in [2.24, 2.45) is 11.7 Å². The fourth-order valence-corrected chi connectivity index (χ4v) is 1.71. The van der Waals surface area contributed by atoms with Gasteiger partial charge in [0.1, 0.15) is 6.04 Å². The molecule has 0 radical (unpaired) electrons. The van der Waals surface area contributed by atoms with Crippen molar-refractivity contribution in [3.05, 3.63) is 35.9 Å². The van der Waals surface area contributed by atoms with Gasteiger partial charge >= 0.3 is 5.97 Å². The number of nitrogens with two attached hydrogens (primary N) is 1. The van der Waals surface area contributed by atoms with Crippen LogP contribution in [0, 0.1) is 5.92 Å². The summed E-state index contributed by atoms with van der Waals surface area (Å²) in [5, 5.41) is 2.59. The number of ether oxygens (including phenoxy) is 1. The summed E-state index contributed by atoms with van der Waals surface area (Å²) in [6.45, 7) is 3.31. The number of amides is 1. The first-order valence-corrected chi connectivity index (χ1v) is 6.16. The molecule has 0 heterocycles. The molecule has 1 aromatic carbocycles. The molecule has 20 heavy (non-hydrogen) atoms. The number of halogens is 1. The zero-order chi connectivity index (χ0) is 14.4. The van der Waals surface area contributed by atoms with Crippen molar-refractivity contribution >= 4 is 24.3 Å². The van der Waals surface area contributed by atoms with Crippen molar-refractivity contribution in [3.63, 3.8) is 0 Å². The lowest BCUT2D eigenvalue weighted by Gasteiger charge is -2.21. The SMILES string of the molecule is COC(=O)C(C)NC(=O)C(C)C(N)c1ccccc1.Cl. The molecule has 3 atom stereocenters. The molecule has 0 aromatic heterocycles. The van der Waals surface area contributed by atoms with E-state index >= 15 is 0 Å². The molecule has 3 unspecified atom stereocenters. The van der Waals surface area contributed by atoms with Crippen LogP contribution in [-0.2, 0) is 14.3 Å². The highest BCUT2D eigenvalue weighted by Crippen LogP contribution is 2.19. The quantitative estimate of drug-likeness (QED) is 0.806. The molecule has 0 aliphatic rings. The molecule has 1 aromatic rings. The Hall–Kier alpha value is -1.59. The summed E-state index contributed by atoms with van der Waals surface area (Å²) in [6, 6.07) is 8.29. The molecule has 0 fully saturated rings. The number of nitrogens with one attached hydrogen (secondary N) is 1. The summed E-state index contributed by atoms with van der Waals surface area (Å²) in [7, 11) is 1.28. The summed E-state index contributed by atoms with van der Waals surface area (Å²) in [5.74, 6) is -1.18. The Morgan fingerprint density at radius 2 is 1.75 bits per heavy atom. The van der Waals surface area contributed by atoms with E-state index in [4.69, 9.17) is 5.73 Å². The Bertz CT molecular complexity index is 439. The van der Waals surface area contributed by atoms with Crippen molar-refractivity contribution in [2.45, 2.75) is 25.9 Å². The van der Waals surface area contributed by atoms with E-state index in [2.05, 4.69) is 10.1 Å². The molecule has 0 saturated carbocycles. The topological polar surface area (TPSA) is 81.4 Å². The summed E-state index contributed by atoms with van der Waals surface area (Å²) in [5.41, 5.74) is 6.93. The number of hydrogen-bond donors (Lipinski definition) is 2. The molecule has 1 amide bonds. The van der Waals surface area contributed by atoms with E-state index in [1.54, 1.807) is 13.8 Å². The molecular weight excluding hydrogens is 280 g/mol. The number of carbonyl (C=O) groups is 2. The normalized spacial score (nSPS) is 14.4. The van der Waals surface area contributed by atoms with Crippen LogP contribution in [0.4, 0.5) is 0 Å². The van der Waals surface area contributed by atoms with E-state index in [0.717, 1.165) is 5.56 Å². The highest BCUT2D eigenvalue weighted by Gasteiger charge is 2.25. The first kappa shape index (κ1) is 18.4. The summed E-state index contributed by atoms with van der Waals surface area (Å²) >= 11 is 0. The molecule has 0 aliphatic carbocycles. The van der Waals surface area contributed by atoms with Gasteiger partial charge in [-0.25, -0.2) is 4.79 Å². The zero-order valence-electron chi connectivity index (χ0n) is 11.8. The minimum atomic E-state index is -0.678. The lowest BCUT2D eigenvalue weighted by atomic mass is 9.94. The van der Waals surface area contributed by atoms with Crippen LogP contribution < -0.4 is 11.1 Å². The van der Waals surface area contributed by atoms with Gasteiger partial charge in [0.2, 0.25) is 5.91 Å². The van der Waals surface area contributed by atoms with Gasteiger partial charge in [-0.15, -0.1) is 12.4 Å². The van der Waals surface area contributed by atoms with Gasteiger partial charge in [-0.05, 0) is 12.5 Å².